The third-order valence-corrected chi connectivity index (χ3v) is 3.95. The van der Waals surface area contributed by atoms with Crippen LogP contribution in [0.5, 0.6) is 0 Å². The van der Waals surface area contributed by atoms with Gasteiger partial charge in [0, 0.05) is 15.6 Å². The van der Waals surface area contributed by atoms with Gasteiger partial charge < -0.3 is 0 Å². The Kier molecular flexibility index (Phi) is 3.22. The Morgan fingerprint density at radius 3 is 2.62 bits per heavy atom. The van der Waals surface area contributed by atoms with Gasteiger partial charge in [0.05, 0.1) is 10.5 Å². The predicted molar refractivity (Wildman–Crippen MR) is 73.3 cm³/mol. The van der Waals surface area contributed by atoms with E-state index in [1.54, 1.807) is 0 Å². The van der Waals surface area contributed by atoms with Gasteiger partial charge in [-0.2, -0.15) is 0 Å². The monoisotopic (exact) mass is 297 g/mol. The van der Waals surface area contributed by atoms with Gasteiger partial charge in [0.25, 0.3) is 0 Å². The molecule has 0 fully saturated rings. The van der Waals surface area contributed by atoms with Crippen molar-refractivity contribution in [1.82, 2.24) is 4.98 Å². The first-order chi connectivity index (χ1) is 7.56. The summed E-state index contributed by atoms with van der Waals surface area (Å²) in [5.74, 6) is 0. The summed E-state index contributed by atoms with van der Waals surface area (Å²) >= 11 is 9.99. The molecule has 84 valence electrons. The van der Waals surface area contributed by atoms with Crippen molar-refractivity contribution in [3.05, 3.63) is 38.4 Å². The van der Waals surface area contributed by atoms with Gasteiger partial charge in [0.15, 0.2) is 0 Å². The highest BCUT2D eigenvalue weighted by molar-refractivity contribution is 9.10. The van der Waals surface area contributed by atoms with Crippen LogP contribution in [0, 0.1) is 13.8 Å². The molecule has 2 aromatic rings. The summed E-state index contributed by atoms with van der Waals surface area (Å²) < 4.78 is 1.00. The Morgan fingerprint density at radius 1 is 1.31 bits per heavy atom. The molecule has 0 saturated heterocycles. The second-order valence-corrected chi connectivity index (χ2v) is 5.16. The average molecular weight is 299 g/mol. The van der Waals surface area contributed by atoms with Gasteiger partial charge in [0.1, 0.15) is 0 Å². The summed E-state index contributed by atoms with van der Waals surface area (Å²) in [7, 11) is 0. The normalized spacial score (nSPS) is 11.1. The van der Waals surface area contributed by atoms with Crippen molar-refractivity contribution in [2.24, 2.45) is 0 Å². The molecule has 0 aliphatic carbocycles. The maximum Gasteiger partial charge on any atom is 0.0864 e. The number of halogens is 2. The minimum absolute atomic E-state index is 0.851. The van der Waals surface area contributed by atoms with E-state index in [2.05, 4.69) is 40.8 Å². The summed E-state index contributed by atoms with van der Waals surface area (Å²) in [4.78, 5) is 4.64. The molecular formula is C13H13BrClN. The van der Waals surface area contributed by atoms with Crippen LogP contribution in [0.3, 0.4) is 0 Å². The highest BCUT2D eigenvalue weighted by Crippen LogP contribution is 2.34. The summed E-state index contributed by atoms with van der Waals surface area (Å²) in [5, 5.41) is 1.92. The maximum absolute atomic E-state index is 6.46. The molecule has 1 aromatic heterocycles. The van der Waals surface area contributed by atoms with Crippen LogP contribution in [-0.2, 0) is 6.42 Å². The minimum Gasteiger partial charge on any atom is -0.252 e. The molecule has 16 heavy (non-hydrogen) atoms. The predicted octanol–water partition coefficient (Wildman–Crippen LogP) is 4.83. The SMILES string of the molecule is CCc1c(C)nc2c(Br)ccc(C)c2c1Cl. The highest BCUT2D eigenvalue weighted by Gasteiger charge is 2.13. The first-order valence-electron chi connectivity index (χ1n) is 5.30. The van der Waals surface area contributed by atoms with Crippen LogP contribution < -0.4 is 0 Å². The van der Waals surface area contributed by atoms with Gasteiger partial charge in [-0.25, -0.2) is 0 Å². The maximum atomic E-state index is 6.46. The second-order valence-electron chi connectivity index (χ2n) is 3.93. The lowest BCUT2D eigenvalue weighted by Crippen LogP contribution is -1.96. The molecule has 0 aliphatic rings. The largest absolute Gasteiger partial charge is 0.252 e. The smallest absolute Gasteiger partial charge is 0.0864 e. The van der Waals surface area contributed by atoms with E-state index < -0.39 is 0 Å². The topological polar surface area (TPSA) is 12.9 Å². The number of hydrogen-bond acceptors (Lipinski definition) is 1. The Morgan fingerprint density at radius 2 is 2.00 bits per heavy atom. The van der Waals surface area contributed by atoms with Crippen LogP contribution >= 0.6 is 27.5 Å². The first-order valence-corrected chi connectivity index (χ1v) is 6.47. The van der Waals surface area contributed by atoms with Gasteiger partial charge in [-0.3, -0.25) is 4.98 Å². The Balaban J connectivity index is 2.98. The third kappa shape index (κ3) is 1.74. The molecule has 0 N–H and O–H groups in total. The molecule has 1 nitrogen and oxygen atoms in total. The molecule has 0 aliphatic heterocycles. The van der Waals surface area contributed by atoms with Gasteiger partial charge in [-0.15, -0.1) is 0 Å². The van der Waals surface area contributed by atoms with E-state index in [0.717, 1.165) is 38.1 Å². The number of aromatic nitrogens is 1. The molecule has 3 heteroatoms. The number of fused-ring (bicyclic) bond motifs is 1. The second kappa shape index (κ2) is 4.34. The number of benzene rings is 1. The van der Waals surface area contributed by atoms with E-state index >= 15 is 0 Å². The molecule has 0 spiro atoms. The molecule has 1 heterocycles. The van der Waals surface area contributed by atoms with Gasteiger partial charge in [-0.1, -0.05) is 24.6 Å². The molecule has 0 saturated carbocycles. The third-order valence-electron chi connectivity index (χ3n) is 2.89. The van der Waals surface area contributed by atoms with E-state index in [0.29, 0.717) is 0 Å². The fraction of sp³-hybridized carbons (Fsp3) is 0.308. The lowest BCUT2D eigenvalue weighted by atomic mass is 10.0. The van der Waals surface area contributed by atoms with E-state index in [4.69, 9.17) is 11.6 Å². The summed E-state index contributed by atoms with van der Waals surface area (Å²) in [6.45, 7) is 6.19. The van der Waals surface area contributed by atoms with Crippen LogP contribution in [0.2, 0.25) is 5.02 Å². The van der Waals surface area contributed by atoms with Crippen molar-refractivity contribution < 1.29 is 0 Å². The van der Waals surface area contributed by atoms with Crippen LogP contribution in [0.1, 0.15) is 23.7 Å². The van der Waals surface area contributed by atoms with Gasteiger partial charge >= 0.3 is 0 Å². The van der Waals surface area contributed by atoms with Crippen molar-refractivity contribution in [1.29, 1.82) is 0 Å². The Labute approximate surface area is 109 Å². The lowest BCUT2D eigenvalue weighted by Gasteiger charge is -2.12. The zero-order chi connectivity index (χ0) is 11.9. The van der Waals surface area contributed by atoms with Crippen molar-refractivity contribution in [3.63, 3.8) is 0 Å². The molecule has 2 rings (SSSR count). The Hall–Kier alpha value is -0.600. The van der Waals surface area contributed by atoms with Crippen LogP contribution in [0.25, 0.3) is 10.9 Å². The summed E-state index contributed by atoms with van der Waals surface area (Å²) in [6, 6.07) is 4.08. The minimum atomic E-state index is 0.851. The zero-order valence-corrected chi connectivity index (χ0v) is 11.9. The number of nitrogens with zero attached hydrogens (tertiary/aromatic N) is 1. The quantitative estimate of drug-likeness (QED) is 0.735. The van der Waals surface area contributed by atoms with Crippen molar-refractivity contribution in [3.8, 4) is 0 Å². The number of pyridine rings is 1. The van der Waals surface area contributed by atoms with Crippen LogP contribution in [-0.4, -0.2) is 4.98 Å². The van der Waals surface area contributed by atoms with E-state index in [1.807, 2.05) is 13.0 Å². The van der Waals surface area contributed by atoms with Crippen molar-refractivity contribution >= 4 is 38.4 Å². The van der Waals surface area contributed by atoms with Gasteiger partial charge in [-0.05, 0) is 53.4 Å². The molecule has 0 bridgehead atoms. The molecule has 0 amide bonds. The first kappa shape index (κ1) is 11.9. The average Bonchev–Trinajstić information content (AvgIpc) is 2.24. The Bertz CT molecular complexity index is 564. The lowest BCUT2D eigenvalue weighted by molar-refractivity contribution is 1.07. The number of hydrogen-bond donors (Lipinski definition) is 0. The molecular weight excluding hydrogens is 286 g/mol. The molecule has 1 aromatic carbocycles. The number of aryl methyl sites for hydroxylation is 2. The fourth-order valence-electron chi connectivity index (χ4n) is 2.01. The van der Waals surface area contributed by atoms with Crippen LogP contribution in [0.15, 0.2) is 16.6 Å². The van der Waals surface area contributed by atoms with E-state index in [9.17, 15) is 0 Å². The van der Waals surface area contributed by atoms with Gasteiger partial charge in [0.2, 0.25) is 0 Å². The van der Waals surface area contributed by atoms with Crippen LogP contribution in [0.4, 0.5) is 0 Å². The van der Waals surface area contributed by atoms with Crippen molar-refractivity contribution in [2.45, 2.75) is 27.2 Å². The van der Waals surface area contributed by atoms with E-state index in [1.165, 1.54) is 5.56 Å². The van der Waals surface area contributed by atoms with Crippen molar-refractivity contribution in [2.75, 3.05) is 0 Å². The molecule has 0 atom stereocenters. The van der Waals surface area contributed by atoms with E-state index in [-0.39, 0.29) is 0 Å². The number of rotatable bonds is 1. The molecule has 0 radical (unpaired) electrons. The summed E-state index contributed by atoms with van der Waals surface area (Å²) in [6.07, 6.45) is 0.916. The zero-order valence-electron chi connectivity index (χ0n) is 9.56. The fourth-order valence-corrected chi connectivity index (χ4v) is 2.94. The molecule has 0 unspecified atom stereocenters. The standard InChI is InChI=1S/C13H13BrClN/c1-4-9-8(3)16-13-10(14)6-5-7(2)11(13)12(9)15/h5-6H,4H2,1-3H3. The highest BCUT2D eigenvalue weighted by atomic mass is 79.9. The summed E-state index contributed by atoms with van der Waals surface area (Å²) in [5.41, 5.74) is 4.30.